The summed E-state index contributed by atoms with van der Waals surface area (Å²) in [4.78, 5) is 53.7. The summed E-state index contributed by atoms with van der Waals surface area (Å²) in [6, 6.07) is -3.42. The van der Waals surface area contributed by atoms with Crippen LogP contribution in [0.1, 0.15) is 32.4 Å². The Labute approximate surface area is 156 Å². The summed E-state index contributed by atoms with van der Waals surface area (Å²) >= 11 is 0. The Morgan fingerprint density at radius 2 is 1.81 bits per heavy atom. The predicted octanol–water partition coefficient (Wildman–Crippen LogP) is -1.74. The second-order valence-corrected chi connectivity index (χ2v) is 6.65. The molecule has 0 spiro atoms. The Kier molecular flexibility index (Phi) is 8.39. The van der Waals surface area contributed by atoms with Crippen LogP contribution in [0.4, 0.5) is 0 Å². The van der Waals surface area contributed by atoms with E-state index in [1.54, 1.807) is 0 Å². The zero-order chi connectivity index (χ0) is 20.6. The number of amides is 3. The van der Waals surface area contributed by atoms with Gasteiger partial charge in [-0.25, -0.2) is 9.78 Å². The van der Waals surface area contributed by atoms with Crippen molar-refractivity contribution >= 4 is 23.7 Å². The van der Waals surface area contributed by atoms with E-state index < -0.39 is 48.2 Å². The van der Waals surface area contributed by atoms with Crippen molar-refractivity contribution in [1.29, 1.82) is 0 Å². The first-order valence-electron chi connectivity index (χ1n) is 8.44. The molecule has 0 saturated carbocycles. The third-order valence-corrected chi connectivity index (χ3v) is 3.69. The fourth-order valence-corrected chi connectivity index (χ4v) is 2.39. The van der Waals surface area contributed by atoms with Gasteiger partial charge in [-0.1, -0.05) is 13.8 Å². The number of carbonyl (C=O) groups is 4. The molecule has 0 aliphatic heterocycles. The van der Waals surface area contributed by atoms with E-state index in [9.17, 15) is 19.2 Å². The lowest BCUT2D eigenvalue weighted by Gasteiger charge is -2.22. The number of hydrogen-bond donors (Lipinski definition) is 6. The monoisotopic (exact) mass is 382 g/mol. The van der Waals surface area contributed by atoms with Gasteiger partial charge in [0.1, 0.15) is 12.1 Å². The first kappa shape index (κ1) is 22.1. The van der Waals surface area contributed by atoms with E-state index in [1.807, 2.05) is 13.8 Å². The van der Waals surface area contributed by atoms with E-state index in [2.05, 4.69) is 20.6 Å². The standard InChI is InChI=1S/C16H26N6O5/c1-8(2)3-10(17)14(24)21-11(4-9-6-19-7-20-9)15(25)22-12(16(26)27)5-13(18)23/h6-8,10-12H,3-5,17H2,1-2H3,(H2,18,23)(H,19,20)(H,21,24)(H,22,25)(H,26,27). The number of H-pyrrole nitrogens is 1. The molecule has 11 nitrogen and oxygen atoms in total. The Bertz CT molecular complexity index is 660. The minimum Gasteiger partial charge on any atom is -0.480 e. The highest BCUT2D eigenvalue weighted by Crippen LogP contribution is 2.05. The molecule has 1 heterocycles. The van der Waals surface area contributed by atoms with Crippen molar-refractivity contribution in [1.82, 2.24) is 20.6 Å². The number of nitrogens with two attached hydrogens (primary N) is 2. The molecule has 3 amide bonds. The van der Waals surface area contributed by atoms with Crippen LogP contribution < -0.4 is 22.1 Å². The van der Waals surface area contributed by atoms with E-state index in [0.717, 1.165) is 0 Å². The number of carbonyl (C=O) groups excluding carboxylic acids is 3. The highest BCUT2D eigenvalue weighted by molar-refractivity contribution is 5.93. The number of aromatic amines is 1. The number of rotatable bonds is 11. The van der Waals surface area contributed by atoms with Crippen LogP contribution >= 0.6 is 0 Å². The van der Waals surface area contributed by atoms with Gasteiger partial charge in [0.2, 0.25) is 17.7 Å². The second-order valence-electron chi connectivity index (χ2n) is 6.65. The highest BCUT2D eigenvalue weighted by Gasteiger charge is 2.29. The third kappa shape index (κ3) is 7.86. The minimum atomic E-state index is -1.50. The number of aliphatic carboxylic acids is 1. The molecule has 27 heavy (non-hydrogen) atoms. The summed E-state index contributed by atoms with van der Waals surface area (Å²) in [6.45, 7) is 3.81. The lowest BCUT2D eigenvalue weighted by molar-refractivity contribution is -0.143. The highest BCUT2D eigenvalue weighted by atomic mass is 16.4. The van der Waals surface area contributed by atoms with Crippen molar-refractivity contribution in [2.24, 2.45) is 17.4 Å². The molecule has 0 bridgehead atoms. The van der Waals surface area contributed by atoms with Gasteiger partial charge in [-0.15, -0.1) is 0 Å². The number of nitrogens with one attached hydrogen (secondary N) is 3. The van der Waals surface area contributed by atoms with Gasteiger partial charge in [-0.3, -0.25) is 14.4 Å². The summed E-state index contributed by atoms with van der Waals surface area (Å²) in [6.07, 6.45) is 2.76. The number of carboxylic acid groups (broad SMARTS) is 1. The zero-order valence-corrected chi connectivity index (χ0v) is 15.3. The molecule has 1 aromatic rings. The van der Waals surface area contributed by atoms with Gasteiger partial charge in [0.25, 0.3) is 0 Å². The first-order chi connectivity index (χ1) is 12.6. The average Bonchev–Trinajstić information content (AvgIpc) is 3.05. The van der Waals surface area contributed by atoms with Gasteiger partial charge >= 0.3 is 5.97 Å². The average molecular weight is 382 g/mol. The maximum absolute atomic E-state index is 12.5. The second kappa shape index (κ2) is 10.3. The number of aromatic nitrogens is 2. The molecule has 0 saturated heterocycles. The van der Waals surface area contributed by atoms with Crippen LogP contribution in [-0.2, 0) is 25.6 Å². The lowest BCUT2D eigenvalue weighted by atomic mass is 10.0. The van der Waals surface area contributed by atoms with Crippen LogP contribution in [0.15, 0.2) is 12.5 Å². The Hall–Kier alpha value is -2.95. The van der Waals surface area contributed by atoms with E-state index in [1.165, 1.54) is 12.5 Å². The van der Waals surface area contributed by atoms with Crippen molar-refractivity contribution in [2.45, 2.75) is 51.2 Å². The Morgan fingerprint density at radius 3 is 2.30 bits per heavy atom. The van der Waals surface area contributed by atoms with E-state index >= 15 is 0 Å². The van der Waals surface area contributed by atoms with Crippen molar-refractivity contribution in [3.63, 3.8) is 0 Å². The molecule has 0 aliphatic rings. The SMILES string of the molecule is CC(C)CC(N)C(=O)NC(Cc1cnc[nH]1)C(=O)NC(CC(N)=O)C(=O)O. The first-order valence-corrected chi connectivity index (χ1v) is 8.44. The molecule has 0 radical (unpaired) electrons. The Balaban J connectivity index is 2.89. The minimum absolute atomic E-state index is 0.0366. The van der Waals surface area contributed by atoms with E-state index in [4.69, 9.17) is 16.6 Å². The fourth-order valence-electron chi connectivity index (χ4n) is 2.39. The molecule has 3 atom stereocenters. The summed E-state index contributed by atoms with van der Waals surface area (Å²) in [5, 5.41) is 13.9. The predicted molar refractivity (Wildman–Crippen MR) is 95.0 cm³/mol. The van der Waals surface area contributed by atoms with Crippen LogP contribution in [0.2, 0.25) is 0 Å². The number of hydrogen-bond acceptors (Lipinski definition) is 6. The summed E-state index contributed by atoms with van der Waals surface area (Å²) in [5.41, 5.74) is 11.4. The summed E-state index contributed by atoms with van der Waals surface area (Å²) in [7, 11) is 0. The van der Waals surface area contributed by atoms with Crippen molar-refractivity contribution in [2.75, 3.05) is 0 Å². The molecule has 0 fully saturated rings. The number of carboxylic acids is 1. The van der Waals surface area contributed by atoms with Crippen LogP contribution in [0.3, 0.4) is 0 Å². The lowest BCUT2D eigenvalue weighted by Crippen LogP contribution is -2.55. The number of primary amides is 1. The third-order valence-electron chi connectivity index (χ3n) is 3.69. The molecule has 1 rings (SSSR count). The van der Waals surface area contributed by atoms with Crippen molar-refractivity contribution in [3.05, 3.63) is 18.2 Å². The Morgan fingerprint density at radius 1 is 1.19 bits per heavy atom. The van der Waals surface area contributed by atoms with Gasteiger partial charge in [0.15, 0.2) is 0 Å². The van der Waals surface area contributed by atoms with Crippen LogP contribution in [-0.4, -0.2) is 56.9 Å². The topological polar surface area (TPSA) is 193 Å². The molecule has 8 N–H and O–H groups in total. The molecule has 11 heteroatoms. The summed E-state index contributed by atoms with van der Waals surface area (Å²) in [5.74, 6) is -3.42. The molecule has 150 valence electrons. The summed E-state index contributed by atoms with van der Waals surface area (Å²) < 4.78 is 0. The van der Waals surface area contributed by atoms with Gasteiger partial charge < -0.3 is 32.2 Å². The normalized spacial score (nSPS) is 14.2. The molecule has 0 aliphatic carbocycles. The largest absolute Gasteiger partial charge is 0.480 e. The molecular formula is C16H26N6O5. The van der Waals surface area contributed by atoms with Gasteiger partial charge in [-0.05, 0) is 12.3 Å². The number of nitrogens with zero attached hydrogens (tertiary/aromatic N) is 1. The quantitative estimate of drug-likeness (QED) is 0.261. The molecular weight excluding hydrogens is 356 g/mol. The maximum atomic E-state index is 12.5. The van der Waals surface area contributed by atoms with E-state index in [-0.39, 0.29) is 12.3 Å². The zero-order valence-electron chi connectivity index (χ0n) is 15.3. The smallest absolute Gasteiger partial charge is 0.326 e. The maximum Gasteiger partial charge on any atom is 0.326 e. The molecule has 0 aromatic carbocycles. The number of imidazole rings is 1. The molecule has 1 aromatic heterocycles. The molecule has 3 unspecified atom stereocenters. The van der Waals surface area contributed by atoms with Crippen molar-refractivity contribution < 1.29 is 24.3 Å². The van der Waals surface area contributed by atoms with Gasteiger partial charge in [0, 0.05) is 18.3 Å². The van der Waals surface area contributed by atoms with Gasteiger partial charge in [0.05, 0.1) is 18.8 Å². The van der Waals surface area contributed by atoms with Crippen molar-refractivity contribution in [3.8, 4) is 0 Å². The fraction of sp³-hybridized carbons (Fsp3) is 0.562. The van der Waals surface area contributed by atoms with Crippen LogP contribution in [0.25, 0.3) is 0 Å². The van der Waals surface area contributed by atoms with E-state index in [0.29, 0.717) is 12.1 Å². The van der Waals surface area contributed by atoms with Crippen LogP contribution in [0, 0.1) is 5.92 Å². The van der Waals surface area contributed by atoms with Gasteiger partial charge in [-0.2, -0.15) is 0 Å². The van der Waals surface area contributed by atoms with Crippen LogP contribution in [0.5, 0.6) is 0 Å².